The standard InChI is InChI=1S/C17H26O2/c1-14(15-10-6-11-15)8-4-2-3-5-9-16-12-7-13-19-17(16)18/h3,5,16H,2,4,6-13H2,1H3/b5-3+. The fourth-order valence-corrected chi connectivity index (χ4v) is 2.77. The number of carbonyl (C=O) groups excluding carboxylic acids is 1. The van der Waals surface area contributed by atoms with Gasteiger partial charge in [0.25, 0.3) is 0 Å². The summed E-state index contributed by atoms with van der Waals surface area (Å²) < 4.78 is 5.07. The van der Waals surface area contributed by atoms with Crippen LogP contribution < -0.4 is 0 Å². The van der Waals surface area contributed by atoms with Gasteiger partial charge in [0.05, 0.1) is 12.5 Å². The Labute approximate surface area is 116 Å². The molecule has 1 saturated carbocycles. The van der Waals surface area contributed by atoms with Crippen molar-refractivity contribution in [2.45, 2.75) is 64.7 Å². The van der Waals surface area contributed by atoms with E-state index in [1.165, 1.54) is 32.1 Å². The highest BCUT2D eigenvalue weighted by atomic mass is 16.5. The number of ether oxygens (including phenoxy) is 1. The smallest absolute Gasteiger partial charge is 0.309 e. The van der Waals surface area contributed by atoms with Gasteiger partial charge >= 0.3 is 5.97 Å². The zero-order chi connectivity index (χ0) is 13.5. The SMILES string of the molecule is CC(CCC/C=C/CC1CCCOC1=O)=C1CCC1. The zero-order valence-corrected chi connectivity index (χ0v) is 12.1. The lowest BCUT2D eigenvalue weighted by atomic mass is 9.87. The number of esters is 1. The second-order valence-electron chi connectivity index (χ2n) is 5.84. The molecule has 0 spiro atoms. The molecular formula is C17H26O2. The first-order valence-electron chi connectivity index (χ1n) is 7.76. The molecule has 0 N–H and O–H groups in total. The summed E-state index contributed by atoms with van der Waals surface area (Å²) in [6.45, 7) is 2.91. The molecular weight excluding hydrogens is 236 g/mol. The molecule has 2 aliphatic rings. The third-order valence-corrected chi connectivity index (χ3v) is 4.35. The molecule has 2 heteroatoms. The van der Waals surface area contributed by atoms with Crippen molar-refractivity contribution in [1.29, 1.82) is 0 Å². The largest absolute Gasteiger partial charge is 0.465 e. The lowest BCUT2D eigenvalue weighted by molar-refractivity contribution is -0.152. The number of hydrogen-bond acceptors (Lipinski definition) is 2. The van der Waals surface area contributed by atoms with Gasteiger partial charge in [-0.25, -0.2) is 0 Å². The number of rotatable bonds is 6. The molecule has 2 nitrogen and oxygen atoms in total. The minimum absolute atomic E-state index is 0.00135. The Hall–Kier alpha value is -1.05. The maximum Gasteiger partial charge on any atom is 0.309 e. The van der Waals surface area contributed by atoms with E-state index in [2.05, 4.69) is 19.1 Å². The Morgan fingerprint density at radius 3 is 2.84 bits per heavy atom. The van der Waals surface area contributed by atoms with E-state index < -0.39 is 0 Å². The minimum atomic E-state index is 0.00135. The number of unbranched alkanes of at least 4 members (excludes halogenated alkanes) is 1. The number of allylic oxidation sites excluding steroid dienone is 4. The fraction of sp³-hybridized carbons (Fsp3) is 0.706. The molecule has 2 fully saturated rings. The molecule has 1 unspecified atom stereocenters. The Kier molecular flexibility index (Phi) is 5.68. The van der Waals surface area contributed by atoms with E-state index in [9.17, 15) is 4.79 Å². The van der Waals surface area contributed by atoms with Crippen molar-refractivity contribution < 1.29 is 9.53 Å². The molecule has 106 valence electrons. The molecule has 0 bridgehead atoms. The van der Waals surface area contributed by atoms with E-state index in [1.54, 1.807) is 11.1 Å². The monoisotopic (exact) mass is 262 g/mol. The predicted molar refractivity (Wildman–Crippen MR) is 77.8 cm³/mol. The summed E-state index contributed by atoms with van der Waals surface area (Å²) in [6.07, 6.45) is 15.0. The molecule has 0 aromatic carbocycles. The Bertz CT molecular complexity index is 359. The first-order valence-corrected chi connectivity index (χ1v) is 7.76. The second-order valence-corrected chi connectivity index (χ2v) is 5.84. The van der Waals surface area contributed by atoms with E-state index >= 15 is 0 Å². The Morgan fingerprint density at radius 1 is 1.32 bits per heavy atom. The van der Waals surface area contributed by atoms with Crippen molar-refractivity contribution >= 4 is 5.97 Å². The third-order valence-electron chi connectivity index (χ3n) is 4.35. The van der Waals surface area contributed by atoms with Gasteiger partial charge in [-0.05, 0) is 64.7 Å². The number of cyclic esters (lactones) is 1. The zero-order valence-electron chi connectivity index (χ0n) is 12.1. The maximum atomic E-state index is 11.5. The van der Waals surface area contributed by atoms with Gasteiger partial charge in [-0.3, -0.25) is 4.79 Å². The fourth-order valence-electron chi connectivity index (χ4n) is 2.77. The minimum Gasteiger partial charge on any atom is -0.465 e. The lowest BCUT2D eigenvalue weighted by Crippen LogP contribution is -2.23. The van der Waals surface area contributed by atoms with E-state index in [-0.39, 0.29) is 11.9 Å². The molecule has 1 atom stereocenters. The molecule has 1 saturated heterocycles. The molecule has 0 aromatic rings. The Morgan fingerprint density at radius 2 is 2.16 bits per heavy atom. The van der Waals surface area contributed by atoms with Gasteiger partial charge in [0.15, 0.2) is 0 Å². The van der Waals surface area contributed by atoms with Crippen LogP contribution in [0.15, 0.2) is 23.3 Å². The molecule has 0 aromatic heterocycles. The molecule has 0 radical (unpaired) electrons. The molecule has 19 heavy (non-hydrogen) atoms. The van der Waals surface area contributed by atoms with Crippen molar-refractivity contribution in [2.24, 2.45) is 5.92 Å². The summed E-state index contributed by atoms with van der Waals surface area (Å²) in [6, 6.07) is 0. The number of hydrogen-bond donors (Lipinski definition) is 0. The third kappa shape index (κ3) is 4.52. The van der Waals surface area contributed by atoms with Crippen LogP contribution in [0.2, 0.25) is 0 Å². The Balaban J connectivity index is 1.57. The summed E-state index contributed by atoms with van der Waals surface area (Å²) in [4.78, 5) is 11.5. The highest BCUT2D eigenvalue weighted by Gasteiger charge is 2.22. The molecule has 2 rings (SSSR count). The second kappa shape index (κ2) is 7.52. The summed E-state index contributed by atoms with van der Waals surface area (Å²) in [7, 11) is 0. The highest BCUT2D eigenvalue weighted by molar-refractivity contribution is 5.73. The molecule has 0 amide bonds. The van der Waals surface area contributed by atoms with E-state index in [4.69, 9.17) is 4.74 Å². The summed E-state index contributed by atoms with van der Waals surface area (Å²) in [5, 5.41) is 0. The first-order chi connectivity index (χ1) is 9.27. The van der Waals surface area contributed by atoms with Crippen LogP contribution in [0.3, 0.4) is 0 Å². The van der Waals surface area contributed by atoms with Crippen molar-refractivity contribution in [1.82, 2.24) is 0 Å². The maximum absolute atomic E-state index is 11.5. The van der Waals surface area contributed by atoms with Gasteiger partial charge in [0, 0.05) is 0 Å². The number of carbonyl (C=O) groups is 1. The van der Waals surface area contributed by atoms with Gasteiger partial charge in [-0.2, -0.15) is 0 Å². The summed E-state index contributed by atoms with van der Waals surface area (Å²) in [5.41, 5.74) is 3.32. The normalized spacial score (nSPS) is 23.3. The molecule has 1 heterocycles. The quantitative estimate of drug-likeness (QED) is 0.398. The van der Waals surface area contributed by atoms with Crippen LogP contribution in [-0.4, -0.2) is 12.6 Å². The van der Waals surface area contributed by atoms with Gasteiger partial charge in [-0.15, -0.1) is 0 Å². The topological polar surface area (TPSA) is 26.3 Å². The average molecular weight is 262 g/mol. The summed E-state index contributed by atoms with van der Waals surface area (Å²) in [5.74, 6) is 0.116. The van der Waals surface area contributed by atoms with E-state index in [0.29, 0.717) is 6.61 Å². The van der Waals surface area contributed by atoms with Gasteiger partial charge in [0.2, 0.25) is 0 Å². The lowest BCUT2D eigenvalue weighted by Gasteiger charge is -2.20. The van der Waals surface area contributed by atoms with E-state index in [1.807, 2.05) is 0 Å². The van der Waals surface area contributed by atoms with Crippen LogP contribution in [-0.2, 0) is 9.53 Å². The summed E-state index contributed by atoms with van der Waals surface area (Å²) >= 11 is 0. The molecule has 1 aliphatic heterocycles. The van der Waals surface area contributed by atoms with Gasteiger partial charge in [0.1, 0.15) is 0 Å². The van der Waals surface area contributed by atoms with Crippen LogP contribution >= 0.6 is 0 Å². The van der Waals surface area contributed by atoms with Crippen molar-refractivity contribution in [2.75, 3.05) is 6.61 Å². The van der Waals surface area contributed by atoms with Crippen molar-refractivity contribution in [3.05, 3.63) is 23.3 Å². The molecule has 1 aliphatic carbocycles. The average Bonchev–Trinajstić information content (AvgIpc) is 2.33. The van der Waals surface area contributed by atoms with E-state index in [0.717, 1.165) is 25.7 Å². The van der Waals surface area contributed by atoms with Crippen molar-refractivity contribution in [3.8, 4) is 0 Å². The van der Waals surface area contributed by atoms with Gasteiger partial charge in [-0.1, -0.05) is 23.3 Å². The van der Waals surface area contributed by atoms with Crippen molar-refractivity contribution in [3.63, 3.8) is 0 Å². The van der Waals surface area contributed by atoms with Crippen LogP contribution in [0.1, 0.15) is 64.7 Å². The van der Waals surface area contributed by atoms with Crippen LogP contribution in [0.25, 0.3) is 0 Å². The van der Waals surface area contributed by atoms with Crippen LogP contribution in [0.4, 0.5) is 0 Å². The van der Waals surface area contributed by atoms with Gasteiger partial charge < -0.3 is 4.74 Å². The predicted octanol–water partition coefficient (Wildman–Crippen LogP) is 4.56. The highest BCUT2D eigenvalue weighted by Crippen LogP contribution is 2.30. The van der Waals surface area contributed by atoms with Crippen LogP contribution in [0, 0.1) is 5.92 Å². The first kappa shape index (κ1) is 14.4. The van der Waals surface area contributed by atoms with Crippen LogP contribution in [0.5, 0.6) is 0 Å².